The summed E-state index contributed by atoms with van der Waals surface area (Å²) in [6.45, 7) is 1.55. The third kappa shape index (κ3) is 3.97. The molecule has 0 spiro atoms. The fraction of sp³-hybridized carbons (Fsp3) is 0.417. The number of nitrogens with one attached hydrogen (secondary N) is 1. The Kier molecular flexibility index (Phi) is 5.06. The Morgan fingerprint density at radius 1 is 1.50 bits per heavy atom. The van der Waals surface area contributed by atoms with E-state index in [2.05, 4.69) is 5.32 Å². The van der Waals surface area contributed by atoms with Crippen LogP contribution in [-0.2, 0) is 4.79 Å². The first-order valence-corrected chi connectivity index (χ1v) is 5.57. The molecule has 0 saturated heterocycles. The number of halogens is 1. The smallest absolute Gasteiger partial charge is 0.216 e. The summed E-state index contributed by atoms with van der Waals surface area (Å²) in [7, 11) is 0. The molecular weight excluding hydrogens is 239 g/mol. The summed E-state index contributed by atoms with van der Waals surface area (Å²) in [5.74, 6) is -0.859. The van der Waals surface area contributed by atoms with Gasteiger partial charge < -0.3 is 21.3 Å². The Balaban J connectivity index is 2.64. The maximum atomic E-state index is 13.4. The lowest BCUT2D eigenvalue weighted by Crippen LogP contribution is -2.28. The normalized spacial score (nSPS) is 14.0. The fourth-order valence-corrected chi connectivity index (χ4v) is 1.55. The first-order valence-electron chi connectivity index (χ1n) is 5.57. The van der Waals surface area contributed by atoms with Crippen molar-refractivity contribution in [3.05, 3.63) is 29.6 Å². The molecule has 0 heterocycles. The third-order valence-electron chi connectivity index (χ3n) is 2.52. The second kappa shape index (κ2) is 6.32. The van der Waals surface area contributed by atoms with Crippen molar-refractivity contribution in [2.45, 2.75) is 25.6 Å². The van der Waals surface area contributed by atoms with E-state index in [9.17, 15) is 19.4 Å². The molecule has 0 aliphatic carbocycles. The number of amides is 1. The molecule has 5 nitrogen and oxygen atoms in total. The van der Waals surface area contributed by atoms with Crippen molar-refractivity contribution < 1.29 is 19.4 Å². The van der Waals surface area contributed by atoms with E-state index < -0.39 is 18.0 Å². The van der Waals surface area contributed by atoms with Crippen molar-refractivity contribution in [2.75, 3.05) is 12.3 Å². The van der Waals surface area contributed by atoms with Gasteiger partial charge in [0.1, 0.15) is 11.9 Å². The van der Waals surface area contributed by atoms with E-state index in [0.29, 0.717) is 5.69 Å². The van der Waals surface area contributed by atoms with Crippen molar-refractivity contribution in [3.63, 3.8) is 0 Å². The molecule has 6 heteroatoms. The highest BCUT2D eigenvalue weighted by Gasteiger charge is 2.21. The molecule has 1 amide bonds. The van der Waals surface area contributed by atoms with E-state index in [1.807, 2.05) is 0 Å². The second-order valence-electron chi connectivity index (χ2n) is 4.06. The first kappa shape index (κ1) is 14.4. The van der Waals surface area contributed by atoms with Crippen LogP contribution in [0.2, 0.25) is 0 Å². The molecule has 0 aliphatic rings. The van der Waals surface area contributed by atoms with Crippen LogP contribution in [0.25, 0.3) is 0 Å². The molecule has 0 aliphatic heterocycles. The highest BCUT2D eigenvalue weighted by Crippen LogP contribution is 2.23. The van der Waals surface area contributed by atoms with Crippen LogP contribution in [0, 0.1) is 5.82 Å². The van der Waals surface area contributed by atoms with Crippen molar-refractivity contribution >= 4 is 11.6 Å². The van der Waals surface area contributed by atoms with Gasteiger partial charge in [0.05, 0.1) is 6.10 Å². The van der Waals surface area contributed by atoms with Crippen LogP contribution in [0.1, 0.15) is 25.0 Å². The van der Waals surface area contributed by atoms with Crippen LogP contribution in [0.5, 0.6) is 0 Å². The molecule has 1 aromatic rings. The molecule has 0 aromatic heterocycles. The topological polar surface area (TPSA) is 95.6 Å². The number of nitrogen functional groups attached to an aromatic ring is 1. The SMILES string of the molecule is CC(=O)NCCC(O)C(O)c1cc(N)ccc1F. The number of hydrogen-bond donors (Lipinski definition) is 4. The van der Waals surface area contributed by atoms with Crippen LogP contribution >= 0.6 is 0 Å². The van der Waals surface area contributed by atoms with E-state index in [1.165, 1.54) is 19.1 Å². The lowest BCUT2D eigenvalue weighted by molar-refractivity contribution is -0.119. The Labute approximate surface area is 104 Å². The fourth-order valence-electron chi connectivity index (χ4n) is 1.55. The summed E-state index contributed by atoms with van der Waals surface area (Å²) in [5.41, 5.74) is 5.74. The summed E-state index contributed by atoms with van der Waals surface area (Å²) < 4.78 is 13.4. The number of hydrogen-bond acceptors (Lipinski definition) is 4. The third-order valence-corrected chi connectivity index (χ3v) is 2.52. The number of aliphatic hydroxyl groups is 2. The van der Waals surface area contributed by atoms with Gasteiger partial charge in [-0.3, -0.25) is 4.79 Å². The zero-order valence-corrected chi connectivity index (χ0v) is 10.1. The molecule has 2 atom stereocenters. The zero-order valence-electron chi connectivity index (χ0n) is 10.1. The number of rotatable bonds is 5. The zero-order chi connectivity index (χ0) is 13.7. The van der Waals surface area contributed by atoms with Gasteiger partial charge in [0.15, 0.2) is 0 Å². The predicted octanol–water partition coefficient (Wildman–Crippen LogP) is 0.328. The van der Waals surface area contributed by atoms with E-state index in [0.717, 1.165) is 6.07 Å². The summed E-state index contributed by atoms with van der Waals surface area (Å²) in [6.07, 6.45) is -2.43. The number of nitrogens with two attached hydrogens (primary N) is 1. The van der Waals surface area contributed by atoms with Gasteiger partial charge in [0, 0.05) is 24.7 Å². The number of carbonyl (C=O) groups is 1. The summed E-state index contributed by atoms with van der Waals surface area (Å²) >= 11 is 0. The van der Waals surface area contributed by atoms with Crippen LogP contribution in [0.3, 0.4) is 0 Å². The van der Waals surface area contributed by atoms with Crippen molar-refractivity contribution in [2.24, 2.45) is 0 Å². The van der Waals surface area contributed by atoms with Crippen molar-refractivity contribution in [1.82, 2.24) is 5.32 Å². The standard InChI is InChI=1S/C12H17FN2O3/c1-7(16)15-5-4-11(17)12(18)9-6-8(14)2-3-10(9)13/h2-3,6,11-12,17-18H,4-5,14H2,1H3,(H,15,16). The molecule has 0 bridgehead atoms. The molecule has 0 fully saturated rings. The molecule has 18 heavy (non-hydrogen) atoms. The monoisotopic (exact) mass is 256 g/mol. The molecule has 100 valence electrons. The Bertz CT molecular complexity index is 426. The van der Waals surface area contributed by atoms with Gasteiger partial charge in [-0.1, -0.05) is 0 Å². The number of anilines is 1. The van der Waals surface area contributed by atoms with Crippen molar-refractivity contribution in [1.29, 1.82) is 0 Å². The molecule has 1 rings (SSSR count). The highest BCUT2D eigenvalue weighted by molar-refractivity contribution is 5.72. The average Bonchev–Trinajstić information content (AvgIpc) is 2.30. The second-order valence-corrected chi connectivity index (χ2v) is 4.06. The van der Waals surface area contributed by atoms with E-state index >= 15 is 0 Å². The Hall–Kier alpha value is -1.66. The predicted molar refractivity (Wildman–Crippen MR) is 65.1 cm³/mol. The van der Waals surface area contributed by atoms with E-state index in [1.54, 1.807) is 0 Å². The summed E-state index contributed by atoms with van der Waals surface area (Å²) in [4.78, 5) is 10.6. The van der Waals surface area contributed by atoms with E-state index in [-0.39, 0.29) is 24.4 Å². The van der Waals surface area contributed by atoms with E-state index in [4.69, 9.17) is 5.73 Å². The minimum atomic E-state index is -1.37. The highest BCUT2D eigenvalue weighted by atomic mass is 19.1. The van der Waals surface area contributed by atoms with Crippen LogP contribution in [-0.4, -0.2) is 28.8 Å². The molecule has 1 aromatic carbocycles. The Morgan fingerprint density at radius 3 is 2.78 bits per heavy atom. The van der Waals surface area contributed by atoms with Crippen LogP contribution in [0.15, 0.2) is 18.2 Å². The summed E-state index contributed by atoms with van der Waals surface area (Å²) in [6, 6.07) is 3.78. The molecule has 5 N–H and O–H groups in total. The van der Waals surface area contributed by atoms with Crippen molar-refractivity contribution in [3.8, 4) is 0 Å². The number of carbonyl (C=O) groups excluding carboxylic acids is 1. The molecular formula is C12H17FN2O3. The minimum absolute atomic E-state index is 0.0506. The molecule has 0 saturated carbocycles. The van der Waals surface area contributed by atoms with Crippen LogP contribution in [0.4, 0.5) is 10.1 Å². The van der Waals surface area contributed by atoms with Gasteiger partial charge in [-0.25, -0.2) is 4.39 Å². The minimum Gasteiger partial charge on any atom is -0.399 e. The molecule has 0 radical (unpaired) electrons. The van der Waals surface area contributed by atoms with Crippen LogP contribution < -0.4 is 11.1 Å². The van der Waals surface area contributed by atoms with Gasteiger partial charge >= 0.3 is 0 Å². The van der Waals surface area contributed by atoms with Gasteiger partial charge in [-0.15, -0.1) is 0 Å². The first-order chi connectivity index (χ1) is 8.41. The number of aliphatic hydroxyl groups excluding tert-OH is 2. The number of benzene rings is 1. The largest absolute Gasteiger partial charge is 0.399 e. The maximum absolute atomic E-state index is 13.4. The molecule has 2 unspecified atom stereocenters. The van der Waals surface area contributed by atoms with Gasteiger partial charge in [-0.2, -0.15) is 0 Å². The van der Waals surface area contributed by atoms with Gasteiger partial charge in [0.2, 0.25) is 5.91 Å². The average molecular weight is 256 g/mol. The lowest BCUT2D eigenvalue weighted by Gasteiger charge is -2.19. The quantitative estimate of drug-likeness (QED) is 0.571. The van der Waals surface area contributed by atoms with Gasteiger partial charge in [-0.05, 0) is 24.6 Å². The van der Waals surface area contributed by atoms with Gasteiger partial charge in [0.25, 0.3) is 0 Å². The Morgan fingerprint density at radius 2 is 2.17 bits per heavy atom. The lowest BCUT2D eigenvalue weighted by atomic mass is 10.0. The maximum Gasteiger partial charge on any atom is 0.216 e. The summed E-state index contributed by atoms with van der Waals surface area (Å²) in [5, 5.41) is 22.0.